The predicted octanol–water partition coefficient (Wildman–Crippen LogP) is 5.54. The lowest BCUT2D eigenvalue weighted by Gasteiger charge is -2.12. The minimum Gasteiger partial charge on any atom is -0.493 e. The summed E-state index contributed by atoms with van der Waals surface area (Å²) in [7, 11) is 1.53. The third-order valence-corrected chi connectivity index (χ3v) is 5.29. The highest BCUT2D eigenvalue weighted by Gasteiger charge is 2.16. The molecule has 0 spiro atoms. The quantitative estimate of drug-likeness (QED) is 0.391. The maximum atomic E-state index is 13.1. The fourth-order valence-corrected chi connectivity index (χ4v) is 3.58. The Hall–Kier alpha value is -4.26. The average molecular weight is 459 g/mol. The third-order valence-electron chi connectivity index (χ3n) is 5.29. The first-order valence-electron chi connectivity index (χ1n) is 10.7. The van der Waals surface area contributed by atoms with Crippen LogP contribution >= 0.6 is 0 Å². The molecular formula is C27H25NO6. The second-order valence-corrected chi connectivity index (χ2v) is 7.88. The Morgan fingerprint density at radius 1 is 0.971 bits per heavy atom. The lowest BCUT2D eigenvalue weighted by molar-refractivity contribution is -0.118. The zero-order chi connectivity index (χ0) is 24.2. The molecule has 0 bridgehead atoms. The highest BCUT2D eigenvalue weighted by molar-refractivity contribution is 5.92. The minimum atomic E-state index is -0.316. The van der Waals surface area contributed by atoms with Crippen LogP contribution in [0.25, 0.3) is 11.0 Å². The standard InChI is InChI=1S/C27H25NO6/c1-16-9-12-21(17(2)13-16)28-25(29)15-32-19-10-11-20-24(14-19)33-18(3)27(26(20)30)34-23-8-6-5-7-22(23)31-4/h5-14H,15H2,1-4H3,(H,28,29). The molecule has 34 heavy (non-hydrogen) atoms. The van der Waals surface area contributed by atoms with Crippen LogP contribution in [-0.2, 0) is 4.79 Å². The van der Waals surface area contributed by atoms with E-state index < -0.39 is 0 Å². The molecule has 1 aromatic heterocycles. The van der Waals surface area contributed by atoms with E-state index in [9.17, 15) is 9.59 Å². The van der Waals surface area contributed by atoms with Crippen molar-refractivity contribution in [2.45, 2.75) is 20.8 Å². The van der Waals surface area contributed by atoms with Gasteiger partial charge in [0.05, 0.1) is 12.5 Å². The number of methoxy groups -OCH3 is 1. The summed E-state index contributed by atoms with van der Waals surface area (Å²) < 4.78 is 22.6. The van der Waals surface area contributed by atoms with Crippen LogP contribution in [-0.4, -0.2) is 19.6 Å². The molecule has 0 radical (unpaired) electrons. The van der Waals surface area contributed by atoms with Crippen molar-refractivity contribution in [1.82, 2.24) is 0 Å². The fraction of sp³-hybridized carbons (Fsp3) is 0.185. The number of amides is 1. The molecular weight excluding hydrogens is 434 g/mol. The van der Waals surface area contributed by atoms with Gasteiger partial charge >= 0.3 is 0 Å². The van der Waals surface area contributed by atoms with Crippen molar-refractivity contribution in [3.05, 3.63) is 87.8 Å². The van der Waals surface area contributed by atoms with E-state index in [2.05, 4.69) is 5.32 Å². The number of hydrogen-bond donors (Lipinski definition) is 1. The first kappa shape index (κ1) is 22.9. The molecule has 3 aromatic carbocycles. The molecule has 7 heteroatoms. The van der Waals surface area contributed by atoms with Gasteiger partial charge in [0, 0.05) is 11.8 Å². The molecule has 0 aliphatic rings. The molecule has 4 rings (SSSR count). The maximum absolute atomic E-state index is 13.1. The van der Waals surface area contributed by atoms with Gasteiger partial charge in [-0.05, 0) is 56.7 Å². The minimum absolute atomic E-state index is 0.0820. The Morgan fingerprint density at radius 3 is 2.47 bits per heavy atom. The van der Waals surface area contributed by atoms with Crippen molar-refractivity contribution in [3.63, 3.8) is 0 Å². The lowest BCUT2D eigenvalue weighted by atomic mass is 10.1. The number of rotatable bonds is 7. The van der Waals surface area contributed by atoms with Crippen LogP contribution in [0.5, 0.6) is 23.0 Å². The molecule has 0 aliphatic carbocycles. The predicted molar refractivity (Wildman–Crippen MR) is 130 cm³/mol. The van der Waals surface area contributed by atoms with Crippen LogP contribution < -0.4 is 25.0 Å². The number of aryl methyl sites for hydroxylation is 3. The van der Waals surface area contributed by atoms with Crippen LogP contribution in [0.2, 0.25) is 0 Å². The molecule has 174 valence electrons. The molecule has 0 unspecified atom stereocenters. The Balaban J connectivity index is 1.51. The van der Waals surface area contributed by atoms with Gasteiger partial charge in [-0.15, -0.1) is 0 Å². The molecule has 1 heterocycles. The van der Waals surface area contributed by atoms with E-state index in [0.29, 0.717) is 34.0 Å². The van der Waals surface area contributed by atoms with Crippen molar-refractivity contribution in [2.75, 3.05) is 19.0 Å². The van der Waals surface area contributed by atoms with E-state index in [1.54, 1.807) is 43.3 Å². The number of para-hydroxylation sites is 2. The summed E-state index contributed by atoms with van der Waals surface area (Å²) in [5.74, 6) is 1.43. The third kappa shape index (κ3) is 4.88. The largest absolute Gasteiger partial charge is 0.493 e. The van der Waals surface area contributed by atoms with Crippen molar-refractivity contribution in [3.8, 4) is 23.0 Å². The Labute approximate surface area is 196 Å². The van der Waals surface area contributed by atoms with Crippen LogP contribution in [0, 0.1) is 20.8 Å². The number of anilines is 1. The van der Waals surface area contributed by atoms with Gasteiger partial charge in [-0.2, -0.15) is 0 Å². The summed E-state index contributed by atoms with van der Waals surface area (Å²) in [6.07, 6.45) is 0. The van der Waals surface area contributed by atoms with Crippen LogP contribution in [0.1, 0.15) is 16.9 Å². The molecule has 1 amide bonds. The smallest absolute Gasteiger partial charge is 0.262 e. The molecule has 1 N–H and O–H groups in total. The van der Waals surface area contributed by atoms with Gasteiger partial charge in [-0.3, -0.25) is 9.59 Å². The van der Waals surface area contributed by atoms with E-state index in [1.165, 1.54) is 7.11 Å². The maximum Gasteiger partial charge on any atom is 0.262 e. The molecule has 0 fully saturated rings. The Bertz CT molecular complexity index is 1420. The lowest BCUT2D eigenvalue weighted by Crippen LogP contribution is -2.20. The normalized spacial score (nSPS) is 10.7. The SMILES string of the molecule is COc1ccccc1Oc1c(C)oc2cc(OCC(=O)Nc3ccc(C)cc3C)ccc2c1=O. The molecule has 7 nitrogen and oxygen atoms in total. The van der Waals surface area contributed by atoms with Crippen LogP contribution in [0.4, 0.5) is 5.69 Å². The van der Waals surface area contributed by atoms with E-state index in [4.69, 9.17) is 18.6 Å². The first-order valence-corrected chi connectivity index (χ1v) is 10.7. The van der Waals surface area contributed by atoms with E-state index in [-0.39, 0.29) is 23.7 Å². The van der Waals surface area contributed by atoms with E-state index in [1.807, 2.05) is 38.1 Å². The number of hydrogen-bond acceptors (Lipinski definition) is 6. The zero-order valence-corrected chi connectivity index (χ0v) is 19.4. The van der Waals surface area contributed by atoms with Crippen molar-refractivity contribution >= 4 is 22.6 Å². The highest BCUT2D eigenvalue weighted by atomic mass is 16.5. The number of carbonyl (C=O) groups is 1. The Morgan fingerprint density at radius 2 is 1.74 bits per heavy atom. The van der Waals surface area contributed by atoms with Crippen LogP contribution in [0.3, 0.4) is 0 Å². The first-order chi connectivity index (χ1) is 16.4. The second kappa shape index (κ2) is 9.70. The number of fused-ring (bicyclic) bond motifs is 1. The van der Waals surface area contributed by atoms with Crippen molar-refractivity contribution < 1.29 is 23.4 Å². The fourth-order valence-electron chi connectivity index (χ4n) is 3.58. The number of ether oxygens (including phenoxy) is 3. The van der Waals surface area contributed by atoms with E-state index in [0.717, 1.165) is 16.8 Å². The summed E-state index contributed by atoms with van der Waals surface area (Å²) in [6.45, 7) is 5.39. The summed E-state index contributed by atoms with van der Waals surface area (Å²) in [5.41, 5.74) is 2.85. The van der Waals surface area contributed by atoms with Crippen molar-refractivity contribution in [2.24, 2.45) is 0 Å². The number of nitrogens with one attached hydrogen (secondary N) is 1. The van der Waals surface area contributed by atoms with Gasteiger partial charge in [0.1, 0.15) is 17.1 Å². The van der Waals surface area contributed by atoms with Gasteiger partial charge in [0.25, 0.3) is 5.91 Å². The second-order valence-electron chi connectivity index (χ2n) is 7.88. The van der Waals surface area contributed by atoms with Gasteiger partial charge in [0.2, 0.25) is 11.2 Å². The molecule has 0 saturated heterocycles. The van der Waals surface area contributed by atoms with Gasteiger partial charge in [0.15, 0.2) is 18.1 Å². The molecule has 0 atom stereocenters. The van der Waals surface area contributed by atoms with Gasteiger partial charge in [-0.25, -0.2) is 0 Å². The number of carbonyl (C=O) groups excluding carboxylic acids is 1. The highest BCUT2D eigenvalue weighted by Crippen LogP contribution is 2.32. The molecule has 4 aromatic rings. The molecule has 0 aliphatic heterocycles. The summed E-state index contributed by atoms with van der Waals surface area (Å²) in [5, 5.41) is 3.17. The number of benzene rings is 3. The topological polar surface area (TPSA) is 87.0 Å². The average Bonchev–Trinajstić information content (AvgIpc) is 2.82. The Kier molecular flexibility index (Phi) is 6.54. The summed E-state index contributed by atoms with van der Waals surface area (Å²) in [4.78, 5) is 25.4. The molecule has 0 saturated carbocycles. The monoisotopic (exact) mass is 459 g/mol. The van der Waals surface area contributed by atoms with E-state index >= 15 is 0 Å². The van der Waals surface area contributed by atoms with Crippen molar-refractivity contribution in [1.29, 1.82) is 0 Å². The van der Waals surface area contributed by atoms with Crippen LogP contribution in [0.15, 0.2) is 69.9 Å². The van der Waals surface area contributed by atoms with Gasteiger partial charge < -0.3 is 23.9 Å². The summed E-state index contributed by atoms with van der Waals surface area (Å²) >= 11 is 0. The summed E-state index contributed by atoms with van der Waals surface area (Å²) in [6, 6.07) is 17.6. The zero-order valence-electron chi connectivity index (χ0n) is 19.4. The van der Waals surface area contributed by atoms with Gasteiger partial charge in [-0.1, -0.05) is 29.8 Å².